The topological polar surface area (TPSA) is 74.6 Å². The first kappa shape index (κ1) is 35.1. The molecule has 0 bridgehead atoms. The van der Waals surface area contributed by atoms with Crippen molar-refractivity contribution >= 4 is 11.9 Å². The summed E-state index contributed by atoms with van der Waals surface area (Å²) >= 11 is 0. The molecule has 34 heavy (non-hydrogen) atoms. The maximum Gasteiger partial charge on any atom is 0.303 e. The predicted octanol–water partition coefficient (Wildman–Crippen LogP) is 10.3. The van der Waals surface area contributed by atoms with E-state index in [1.807, 2.05) is 0 Å². The van der Waals surface area contributed by atoms with Crippen LogP contribution < -0.4 is 0 Å². The molecule has 0 aromatic heterocycles. The van der Waals surface area contributed by atoms with E-state index < -0.39 is 11.9 Å². The fourth-order valence-corrected chi connectivity index (χ4v) is 4.23. The Labute approximate surface area is 212 Å². The van der Waals surface area contributed by atoms with Gasteiger partial charge in [0.25, 0.3) is 0 Å². The maximum absolute atomic E-state index is 10.3. The van der Waals surface area contributed by atoms with Crippen molar-refractivity contribution < 1.29 is 19.8 Å². The molecular formula is C30H60O4. The molecule has 0 atom stereocenters. The number of carboxylic acid groups (broad SMARTS) is 2. The average molecular weight is 485 g/mol. The smallest absolute Gasteiger partial charge is 0.303 e. The summed E-state index contributed by atoms with van der Waals surface area (Å²) < 4.78 is 0. The SMILES string of the molecule is CCCCCCCCCCCC(=O)O.CCCCCCCCCCCCCCCCCC(=O)O. The highest BCUT2D eigenvalue weighted by Crippen LogP contribution is 2.14. The van der Waals surface area contributed by atoms with Crippen molar-refractivity contribution in [2.75, 3.05) is 0 Å². The third-order valence-electron chi connectivity index (χ3n) is 6.49. The molecule has 4 nitrogen and oxygen atoms in total. The van der Waals surface area contributed by atoms with E-state index in [0.717, 1.165) is 25.7 Å². The van der Waals surface area contributed by atoms with Crippen molar-refractivity contribution in [2.45, 2.75) is 181 Å². The van der Waals surface area contributed by atoms with Crippen LogP contribution in [0.3, 0.4) is 0 Å². The van der Waals surface area contributed by atoms with Crippen LogP contribution >= 0.6 is 0 Å². The number of hydrogen-bond donors (Lipinski definition) is 2. The Kier molecular flexibility index (Phi) is 33.0. The monoisotopic (exact) mass is 484 g/mol. The van der Waals surface area contributed by atoms with Gasteiger partial charge in [0.15, 0.2) is 0 Å². The first-order chi connectivity index (χ1) is 16.5. The summed E-state index contributed by atoms with van der Waals surface area (Å²) in [7, 11) is 0. The van der Waals surface area contributed by atoms with E-state index in [1.54, 1.807) is 0 Å². The number of carbonyl (C=O) groups is 2. The molecule has 0 rings (SSSR count). The molecule has 0 spiro atoms. The summed E-state index contributed by atoms with van der Waals surface area (Å²) in [4.78, 5) is 20.5. The molecule has 4 heteroatoms. The van der Waals surface area contributed by atoms with Crippen LogP contribution in [0, 0.1) is 0 Å². The Bertz CT molecular complexity index is 409. The number of hydrogen-bond acceptors (Lipinski definition) is 2. The zero-order valence-electron chi connectivity index (χ0n) is 23.1. The van der Waals surface area contributed by atoms with Crippen molar-refractivity contribution in [1.82, 2.24) is 0 Å². The second-order valence-corrected chi connectivity index (χ2v) is 10.1. The zero-order valence-corrected chi connectivity index (χ0v) is 23.1. The Morgan fingerprint density at radius 2 is 0.529 bits per heavy atom. The number of unbranched alkanes of at least 4 members (excludes halogenated alkanes) is 22. The van der Waals surface area contributed by atoms with Gasteiger partial charge in [-0.15, -0.1) is 0 Å². The quantitative estimate of drug-likeness (QED) is 0.120. The molecule has 0 aliphatic rings. The Balaban J connectivity index is 0. The highest BCUT2D eigenvalue weighted by molar-refractivity contribution is 5.66. The van der Waals surface area contributed by atoms with Gasteiger partial charge in [0.1, 0.15) is 0 Å². The van der Waals surface area contributed by atoms with Crippen LogP contribution in [0.1, 0.15) is 181 Å². The molecule has 0 unspecified atom stereocenters. The molecular weight excluding hydrogens is 424 g/mol. The molecule has 0 aliphatic heterocycles. The fourth-order valence-electron chi connectivity index (χ4n) is 4.23. The van der Waals surface area contributed by atoms with Gasteiger partial charge in [-0.2, -0.15) is 0 Å². The summed E-state index contributed by atoms with van der Waals surface area (Å²) in [5.41, 5.74) is 0. The molecule has 0 amide bonds. The summed E-state index contributed by atoms with van der Waals surface area (Å²) in [6, 6.07) is 0. The standard InChI is InChI=1S/C18H36O2.C12H24O2/c1-2-3-4-5-6-7-8-9-10-11-12-13-14-15-16-17-18(19)20;1-2-3-4-5-6-7-8-9-10-11-12(13)14/h2-17H2,1H3,(H,19,20);2-11H2,1H3,(H,13,14). The van der Waals surface area contributed by atoms with E-state index in [4.69, 9.17) is 10.2 Å². The summed E-state index contributed by atoms with van der Waals surface area (Å²) in [5.74, 6) is -1.31. The number of carboxylic acids is 2. The van der Waals surface area contributed by atoms with Crippen LogP contribution in [0.5, 0.6) is 0 Å². The lowest BCUT2D eigenvalue weighted by Crippen LogP contribution is -1.93. The molecule has 0 fully saturated rings. The van der Waals surface area contributed by atoms with Gasteiger partial charge >= 0.3 is 11.9 Å². The zero-order chi connectivity index (χ0) is 25.5. The van der Waals surface area contributed by atoms with Gasteiger partial charge in [-0.3, -0.25) is 9.59 Å². The van der Waals surface area contributed by atoms with Crippen molar-refractivity contribution in [3.8, 4) is 0 Å². The van der Waals surface area contributed by atoms with E-state index in [-0.39, 0.29) is 0 Å². The second kappa shape index (κ2) is 31.9. The molecule has 0 saturated heterocycles. The Morgan fingerprint density at radius 3 is 0.706 bits per heavy atom. The summed E-state index contributed by atoms with van der Waals surface area (Å²) in [6.07, 6.45) is 31.7. The van der Waals surface area contributed by atoms with E-state index in [2.05, 4.69) is 13.8 Å². The van der Waals surface area contributed by atoms with Crippen molar-refractivity contribution in [1.29, 1.82) is 0 Å². The lowest BCUT2D eigenvalue weighted by molar-refractivity contribution is -0.138. The van der Waals surface area contributed by atoms with Crippen LogP contribution in [0.15, 0.2) is 0 Å². The van der Waals surface area contributed by atoms with Crippen molar-refractivity contribution in [2.24, 2.45) is 0 Å². The van der Waals surface area contributed by atoms with Gasteiger partial charge in [0.05, 0.1) is 0 Å². The molecule has 204 valence electrons. The van der Waals surface area contributed by atoms with Gasteiger partial charge in [0.2, 0.25) is 0 Å². The van der Waals surface area contributed by atoms with E-state index in [0.29, 0.717) is 12.8 Å². The van der Waals surface area contributed by atoms with Crippen LogP contribution in [0.2, 0.25) is 0 Å². The fraction of sp³-hybridized carbons (Fsp3) is 0.933. The Hall–Kier alpha value is -1.06. The summed E-state index contributed by atoms with van der Waals surface area (Å²) in [5, 5.41) is 16.9. The average Bonchev–Trinajstić information content (AvgIpc) is 2.80. The third kappa shape index (κ3) is 38.2. The molecule has 0 aromatic rings. The number of aliphatic carboxylic acids is 2. The van der Waals surface area contributed by atoms with Gasteiger partial charge in [-0.05, 0) is 12.8 Å². The molecule has 0 saturated carbocycles. The lowest BCUT2D eigenvalue weighted by Gasteiger charge is -2.03. The van der Waals surface area contributed by atoms with E-state index >= 15 is 0 Å². The first-order valence-electron chi connectivity index (χ1n) is 15.0. The highest BCUT2D eigenvalue weighted by atomic mass is 16.4. The second-order valence-electron chi connectivity index (χ2n) is 10.1. The van der Waals surface area contributed by atoms with Gasteiger partial charge < -0.3 is 10.2 Å². The molecule has 0 radical (unpaired) electrons. The minimum Gasteiger partial charge on any atom is -0.481 e. The largest absolute Gasteiger partial charge is 0.481 e. The normalized spacial score (nSPS) is 10.6. The predicted molar refractivity (Wildman–Crippen MR) is 147 cm³/mol. The third-order valence-corrected chi connectivity index (χ3v) is 6.49. The van der Waals surface area contributed by atoms with Crippen molar-refractivity contribution in [3.05, 3.63) is 0 Å². The Morgan fingerprint density at radius 1 is 0.353 bits per heavy atom. The number of rotatable bonds is 26. The van der Waals surface area contributed by atoms with Crippen LogP contribution in [0.4, 0.5) is 0 Å². The molecule has 0 aromatic carbocycles. The highest BCUT2D eigenvalue weighted by Gasteiger charge is 1.98. The molecule has 0 aliphatic carbocycles. The maximum atomic E-state index is 10.3. The summed E-state index contributed by atoms with van der Waals surface area (Å²) in [6.45, 7) is 4.50. The van der Waals surface area contributed by atoms with Gasteiger partial charge in [0, 0.05) is 12.8 Å². The minimum absolute atomic E-state index is 0.343. The van der Waals surface area contributed by atoms with Crippen molar-refractivity contribution in [3.63, 3.8) is 0 Å². The van der Waals surface area contributed by atoms with E-state index in [9.17, 15) is 9.59 Å². The lowest BCUT2D eigenvalue weighted by atomic mass is 10.0. The molecule has 2 N–H and O–H groups in total. The first-order valence-corrected chi connectivity index (χ1v) is 15.0. The van der Waals surface area contributed by atoms with E-state index in [1.165, 1.54) is 128 Å². The van der Waals surface area contributed by atoms with Gasteiger partial charge in [-0.25, -0.2) is 0 Å². The molecule has 0 heterocycles. The van der Waals surface area contributed by atoms with Crippen LogP contribution in [-0.4, -0.2) is 22.2 Å². The van der Waals surface area contributed by atoms with Crippen LogP contribution in [0.25, 0.3) is 0 Å². The van der Waals surface area contributed by atoms with Gasteiger partial charge in [-0.1, -0.05) is 155 Å². The minimum atomic E-state index is -0.659. The van der Waals surface area contributed by atoms with Crippen LogP contribution in [-0.2, 0) is 9.59 Å².